The van der Waals surface area contributed by atoms with Crippen molar-refractivity contribution in [2.75, 3.05) is 30.3 Å². The first-order valence-corrected chi connectivity index (χ1v) is 42.6. The Hall–Kier alpha value is -13.3. The number of aliphatic hydroxyl groups excluding tert-OH is 1. The summed E-state index contributed by atoms with van der Waals surface area (Å²) >= 11 is 6.36. The van der Waals surface area contributed by atoms with Crippen LogP contribution in [0.3, 0.4) is 0 Å². The molecule has 2 saturated heterocycles. The van der Waals surface area contributed by atoms with E-state index in [2.05, 4.69) is 84.4 Å². The number of carbonyl (C=O) groups is 15. The van der Waals surface area contributed by atoms with Gasteiger partial charge in [-0.25, -0.2) is 9.59 Å². The van der Waals surface area contributed by atoms with E-state index in [1.165, 1.54) is 67.3 Å². The van der Waals surface area contributed by atoms with Crippen LogP contribution in [0, 0.1) is 5.92 Å². The zero-order chi connectivity index (χ0) is 92.0. The highest BCUT2D eigenvalue weighted by molar-refractivity contribution is 6.30. The van der Waals surface area contributed by atoms with Crippen LogP contribution in [0.2, 0.25) is 5.02 Å². The molecule has 2 aliphatic rings. The van der Waals surface area contributed by atoms with Gasteiger partial charge >= 0.3 is 12.1 Å². The number of aromatic nitrogens is 2. The number of aliphatic hydroxyl groups is 1. The molecular formula is C90H113ClN20O16. The largest absolute Gasteiger partial charge is 0.394 e. The van der Waals surface area contributed by atoms with Gasteiger partial charge in [-0.05, 0) is 159 Å². The maximum absolute atomic E-state index is 15.8. The van der Waals surface area contributed by atoms with Crippen LogP contribution < -0.4 is 85.9 Å². The van der Waals surface area contributed by atoms with Crippen LogP contribution in [0.25, 0.3) is 10.8 Å². The van der Waals surface area contributed by atoms with Gasteiger partial charge in [0.05, 0.1) is 24.4 Å². The minimum atomic E-state index is -1.99. The molecule has 0 spiro atoms. The number of hydrogen-bond acceptors (Lipinski definition) is 20. The SMILES string of the molecule is CC(=O)N[C@H](Cc1ccc2ccccc2c1)C(=O)N[C@H](Cc1ccc(Cl)cc1)C(=O)N[C@@H](C(=O)N[C@@H](CO)C(=O)N[C@@H](Cc1ccc(NC(=O)[C@@H]2CC(=O)NC(=O)N2)cc1)C(=O)N[C@H](Cc1ccc(NC(N)=O)cc1)C(=O)N[C@@H](CC(C)C)C(=O)N[C@@H](CCCCNC(C)C)C(=O)N1CCC[C@H]1C(=O)N[C@H](C)C(N)=O)C(C)N(Cc1ccccn1)Cc1ccccn1. The van der Waals surface area contributed by atoms with Crippen molar-refractivity contribution < 1.29 is 77.0 Å². The molecule has 36 nitrogen and oxygen atoms in total. The topological polar surface area (TPSA) is 529 Å². The second-order valence-electron chi connectivity index (χ2n) is 32.4. The molecule has 0 saturated carbocycles. The van der Waals surface area contributed by atoms with E-state index in [-0.39, 0.29) is 93.5 Å². The van der Waals surface area contributed by atoms with Crippen LogP contribution in [-0.4, -0.2) is 212 Å². The van der Waals surface area contributed by atoms with Crippen LogP contribution in [0.4, 0.5) is 21.0 Å². The molecule has 2 aromatic heterocycles. The summed E-state index contributed by atoms with van der Waals surface area (Å²) in [5.74, 6) is -11.2. The fourth-order valence-electron chi connectivity index (χ4n) is 14.7. The molecule has 37 heteroatoms. The summed E-state index contributed by atoms with van der Waals surface area (Å²) < 4.78 is 0. The van der Waals surface area contributed by atoms with E-state index in [0.717, 1.165) is 10.8 Å². The summed E-state index contributed by atoms with van der Waals surface area (Å²) in [4.78, 5) is 224. The first-order chi connectivity index (χ1) is 60.6. The number of hydrogen-bond donors (Lipinski definition) is 17. The van der Waals surface area contributed by atoms with Gasteiger partial charge in [-0.1, -0.05) is 130 Å². The van der Waals surface area contributed by atoms with Crippen LogP contribution >= 0.6 is 11.6 Å². The number of fused-ring (bicyclic) bond motifs is 1. The quantitative estimate of drug-likeness (QED) is 0.0244. The summed E-state index contributed by atoms with van der Waals surface area (Å²) in [6, 6.07) is 23.1. The fraction of sp³-hybridized carbons (Fsp3) is 0.411. The third-order valence-electron chi connectivity index (χ3n) is 21.5. The van der Waals surface area contributed by atoms with Crippen LogP contribution in [-0.2, 0) is 101 Å². The molecule has 676 valence electrons. The highest BCUT2D eigenvalue weighted by Gasteiger charge is 2.42. The van der Waals surface area contributed by atoms with Gasteiger partial charge in [0.15, 0.2) is 0 Å². The maximum Gasteiger partial charge on any atom is 0.322 e. The number of pyridine rings is 2. The Kier molecular flexibility index (Phi) is 36.6. The van der Waals surface area contributed by atoms with Crippen molar-refractivity contribution in [3.8, 4) is 0 Å². The highest BCUT2D eigenvalue weighted by atomic mass is 35.5. The van der Waals surface area contributed by atoms with Gasteiger partial charge in [0.1, 0.15) is 66.5 Å². The van der Waals surface area contributed by atoms with Gasteiger partial charge in [0.25, 0.3) is 0 Å². The Morgan fingerprint density at radius 2 is 1.02 bits per heavy atom. The Labute approximate surface area is 740 Å². The number of nitrogens with one attached hydrogen (secondary N) is 14. The molecule has 2 aliphatic heterocycles. The summed E-state index contributed by atoms with van der Waals surface area (Å²) in [5.41, 5.74) is 14.2. The van der Waals surface area contributed by atoms with Gasteiger partial charge in [-0.3, -0.25) is 82.5 Å². The van der Waals surface area contributed by atoms with E-state index >= 15 is 28.8 Å². The number of primary amides is 2. The molecule has 12 atom stereocenters. The van der Waals surface area contributed by atoms with E-state index in [1.807, 2.05) is 56.3 Å². The highest BCUT2D eigenvalue weighted by Crippen LogP contribution is 2.25. The van der Waals surface area contributed by atoms with E-state index in [9.17, 15) is 48.3 Å². The molecule has 2 fully saturated rings. The molecule has 7 aromatic rings. The number of nitrogens with zero attached hydrogens (tertiary/aromatic N) is 4. The van der Waals surface area contributed by atoms with Gasteiger partial charge in [0, 0.05) is 93.1 Å². The summed E-state index contributed by atoms with van der Waals surface area (Å²) in [6.07, 6.45) is 3.43. The normalized spacial score (nSPS) is 16.1. The van der Waals surface area contributed by atoms with Crippen molar-refractivity contribution in [1.29, 1.82) is 0 Å². The van der Waals surface area contributed by atoms with Crippen LogP contribution in [0.15, 0.2) is 164 Å². The first kappa shape index (κ1) is 97.5. The van der Waals surface area contributed by atoms with Crippen molar-refractivity contribution in [2.45, 2.75) is 211 Å². The summed E-state index contributed by atoms with van der Waals surface area (Å²) in [5, 5.41) is 51.2. The summed E-state index contributed by atoms with van der Waals surface area (Å²) in [6.45, 7) is 11.4. The second kappa shape index (κ2) is 47.7. The van der Waals surface area contributed by atoms with E-state index in [0.29, 0.717) is 58.9 Å². The number of halogens is 1. The average Bonchev–Trinajstić information content (AvgIpc) is 1.80. The fourth-order valence-corrected chi connectivity index (χ4v) is 14.9. The Bertz CT molecular complexity index is 4960. The zero-order valence-corrected chi connectivity index (χ0v) is 72.6. The number of unbranched alkanes of at least 4 members (excludes halogenated alkanes) is 1. The summed E-state index contributed by atoms with van der Waals surface area (Å²) in [7, 11) is 0. The number of carbonyl (C=O) groups excluding carboxylic acids is 15. The minimum Gasteiger partial charge on any atom is -0.394 e. The molecule has 19 N–H and O–H groups in total. The molecule has 9 rings (SSSR count). The number of imide groups is 1. The molecule has 0 aliphatic carbocycles. The smallest absolute Gasteiger partial charge is 0.322 e. The van der Waals surface area contributed by atoms with Crippen molar-refractivity contribution in [3.63, 3.8) is 0 Å². The molecule has 0 bridgehead atoms. The average molecular weight is 1770 g/mol. The number of urea groups is 2. The lowest BCUT2D eigenvalue weighted by Gasteiger charge is -2.35. The Morgan fingerprint density at radius 3 is 1.54 bits per heavy atom. The van der Waals surface area contributed by atoms with Crippen LogP contribution in [0.1, 0.15) is 127 Å². The number of nitrogens with two attached hydrogens (primary N) is 2. The molecule has 5 aromatic carbocycles. The Morgan fingerprint density at radius 1 is 0.535 bits per heavy atom. The predicted octanol–water partition coefficient (Wildman–Crippen LogP) is 2.76. The minimum absolute atomic E-state index is 0.0177. The number of likely N-dealkylation sites (tertiary alicyclic amines) is 1. The van der Waals surface area contributed by atoms with Gasteiger partial charge < -0.3 is 90.6 Å². The number of amides is 17. The van der Waals surface area contributed by atoms with Crippen molar-refractivity contribution >= 4 is 123 Å². The van der Waals surface area contributed by atoms with E-state index in [1.54, 1.807) is 98.7 Å². The van der Waals surface area contributed by atoms with Crippen LogP contribution in [0.5, 0.6) is 0 Å². The van der Waals surface area contributed by atoms with Gasteiger partial charge in [0.2, 0.25) is 76.8 Å². The lowest BCUT2D eigenvalue weighted by Crippen LogP contribution is -2.64. The standard InChI is InChI=1S/C90H113ClN20O16/c1-51(2)41-68(80(117)101-67(21-12-15-37-94-52(3)4)88(125)111-40-16-22-75(111)86(123)97-53(5)78(92)115)102-82(119)70(44-58-28-35-64(36-29-58)100-89(93)126)103-83(120)71(45-57-26-33-63(34-27-57)99-79(116)73-47-76(114)108-90(127)107-73)105-85(122)74(50-112)106-87(124)77(54(6)110(48-65-19-10-13-38-95-65)49-66-20-11-14-39-96-66)109-84(121)72(43-56-24-31-62(91)32-25-56)104-81(118)69(98-55(7)113)46-59-23-30-60-17-8-9-18-61(60)42-59/h8-11,13-14,17-20,23-36,38-39,42,51-54,67-75,77,94,112H,12,15-16,21-22,37,40-41,43-50H2,1-7H3,(H2,92,115)(H,97,123)(H,98,113)(H,99,116)(H,101,117)(H,102,119)(H,103,120)(H,104,118)(H,105,122)(H,106,124)(H,109,121)(H3,93,100,126)(H2,107,108,114,127)/t53-,54?,67+,68+,69-,70-,71+,72-,73+,74+,75+,77-/m1/s1. The lowest BCUT2D eigenvalue weighted by atomic mass is 9.99. The molecule has 17 amide bonds. The third kappa shape index (κ3) is 30.5. The van der Waals surface area contributed by atoms with E-state index < -0.39 is 174 Å². The molecule has 4 heterocycles. The zero-order valence-electron chi connectivity index (χ0n) is 71.9. The maximum atomic E-state index is 15.8. The molecule has 127 heavy (non-hydrogen) atoms. The molecule has 1 unspecified atom stereocenters. The molecular weight excluding hydrogens is 1650 g/mol. The van der Waals surface area contributed by atoms with Crippen molar-refractivity contribution in [1.82, 2.24) is 83.6 Å². The first-order valence-electron chi connectivity index (χ1n) is 42.2. The second-order valence-corrected chi connectivity index (χ2v) is 32.8. The lowest BCUT2D eigenvalue weighted by molar-refractivity contribution is -0.142. The van der Waals surface area contributed by atoms with E-state index in [4.69, 9.17) is 23.1 Å². The molecule has 0 radical (unpaired) electrons. The number of benzene rings is 5. The third-order valence-corrected chi connectivity index (χ3v) is 21.7. The number of rotatable bonds is 45. The van der Waals surface area contributed by atoms with Crippen molar-refractivity contribution in [3.05, 3.63) is 203 Å². The van der Waals surface area contributed by atoms with Gasteiger partial charge in [-0.2, -0.15) is 0 Å². The number of anilines is 2. The van der Waals surface area contributed by atoms with Gasteiger partial charge in [-0.15, -0.1) is 0 Å². The monoisotopic (exact) mass is 1760 g/mol. The Balaban J connectivity index is 1.06. The van der Waals surface area contributed by atoms with Crippen molar-refractivity contribution in [2.24, 2.45) is 17.4 Å². The predicted molar refractivity (Wildman–Crippen MR) is 473 cm³/mol.